The minimum absolute atomic E-state index is 0.161. The predicted octanol–water partition coefficient (Wildman–Crippen LogP) is 4.79. The number of benzene rings is 1. The molecule has 0 spiro atoms. The number of thiophene rings is 1. The average molecular weight is 514 g/mol. The van der Waals surface area contributed by atoms with Gasteiger partial charge < -0.3 is 19.5 Å². The minimum Gasteiger partial charge on any atom is -0.462 e. The van der Waals surface area contributed by atoms with Crippen molar-refractivity contribution < 1.29 is 14.3 Å². The number of thioether (sulfide) groups is 1. The van der Waals surface area contributed by atoms with Gasteiger partial charge in [-0.15, -0.1) is 21.5 Å². The van der Waals surface area contributed by atoms with Crippen LogP contribution in [0.4, 0.5) is 10.7 Å². The second-order valence-electron chi connectivity index (χ2n) is 8.64. The summed E-state index contributed by atoms with van der Waals surface area (Å²) in [6.45, 7) is 2.10. The number of fused-ring (bicyclic) bond motifs is 1. The zero-order valence-electron chi connectivity index (χ0n) is 20.6. The molecule has 0 atom stereocenters. The smallest absolute Gasteiger partial charge is 0.341 e. The SMILES string of the molecule is CCOC(=O)c1c(NC(=O)CSc2nnc(-c3cccc(N(C)C)c3)n2C)sc2c1CCCCC2. The number of rotatable bonds is 8. The molecule has 3 aromatic rings. The van der Waals surface area contributed by atoms with Crippen molar-refractivity contribution in [2.24, 2.45) is 7.05 Å². The van der Waals surface area contributed by atoms with E-state index in [2.05, 4.69) is 21.6 Å². The van der Waals surface area contributed by atoms with Crippen LogP contribution in [-0.4, -0.2) is 53.1 Å². The highest BCUT2D eigenvalue weighted by Crippen LogP contribution is 2.38. The summed E-state index contributed by atoms with van der Waals surface area (Å²) in [6.07, 6.45) is 5.09. The molecule has 0 radical (unpaired) electrons. The highest BCUT2D eigenvalue weighted by Gasteiger charge is 2.26. The van der Waals surface area contributed by atoms with Crippen LogP contribution < -0.4 is 10.2 Å². The number of hydrogen-bond donors (Lipinski definition) is 1. The standard InChI is InChI=1S/C25H31N5O3S2/c1-5-33-24(32)21-18-12-7-6-8-13-19(18)35-23(21)26-20(31)15-34-25-28-27-22(30(25)4)16-10-9-11-17(14-16)29(2)3/h9-11,14H,5-8,12-13,15H2,1-4H3,(H,26,31). The minimum atomic E-state index is -0.354. The molecular formula is C25H31N5O3S2. The molecule has 186 valence electrons. The summed E-state index contributed by atoms with van der Waals surface area (Å²) in [6, 6.07) is 8.08. The normalized spacial score (nSPS) is 13.1. The molecule has 8 nitrogen and oxygen atoms in total. The van der Waals surface area contributed by atoms with Gasteiger partial charge in [-0.2, -0.15) is 0 Å². The highest BCUT2D eigenvalue weighted by atomic mass is 32.2. The van der Waals surface area contributed by atoms with Crippen LogP contribution in [-0.2, 0) is 29.4 Å². The van der Waals surface area contributed by atoms with Gasteiger partial charge in [-0.3, -0.25) is 4.79 Å². The van der Waals surface area contributed by atoms with Crippen LogP contribution in [0.25, 0.3) is 11.4 Å². The summed E-state index contributed by atoms with van der Waals surface area (Å²) in [4.78, 5) is 28.8. The largest absolute Gasteiger partial charge is 0.462 e. The lowest BCUT2D eigenvalue weighted by atomic mass is 10.1. The van der Waals surface area contributed by atoms with Gasteiger partial charge in [0.25, 0.3) is 0 Å². The van der Waals surface area contributed by atoms with Crippen LogP contribution in [0.3, 0.4) is 0 Å². The molecule has 1 N–H and O–H groups in total. The Morgan fingerprint density at radius 2 is 2.00 bits per heavy atom. The third kappa shape index (κ3) is 5.70. The number of hydrogen-bond acceptors (Lipinski definition) is 8. The Balaban J connectivity index is 1.47. The van der Waals surface area contributed by atoms with E-state index < -0.39 is 0 Å². The fourth-order valence-electron chi connectivity index (χ4n) is 4.16. The van der Waals surface area contributed by atoms with E-state index in [4.69, 9.17) is 4.74 Å². The topological polar surface area (TPSA) is 89.3 Å². The lowest BCUT2D eigenvalue weighted by molar-refractivity contribution is -0.113. The summed E-state index contributed by atoms with van der Waals surface area (Å²) in [5.74, 6) is 0.362. The van der Waals surface area contributed by atoms with Gasteiger partial charge in [-0.1, -0.05) is 30.3 Å². The van der Waals surface area contributed by atoms with Crippen molar-refractivity contribution in [1.82, 2.24) is 14.8 Å². The fourth-order valence-corrected chi connectivity index (χ4v) is 6.16. The van der Waals surface area contributed by atoms with Crippen molar-refractivity contribution in [1.29, 1.82) is 0 Å². The van der Waals surface area contributed by atoms with Crippen molar-refractivity contribution in [2.45, 2.75) is 44.2 Å². The van der Waals surface area contributed by atoms with Crippen LogP contribution in [0, 0.1) is 0 Å². The maximum Gasteiger partial charge on any atom is 0.341 e. The number of nitrogens with one attached hydrogen (secondary N) is 1. The molecule has 1 aliphatic carbocycles. The summed E-state index contributed by atoms with van der Waals surface area (Å²) >= 11 is 2.83. The van der Waals surface area contributed by atoms with Crippen molar-refractivity contribution >= 4 is 45.7 Å². The first-order chi connectivity index (χ1) is 16.9. The number of esters is 1. The monoisotopic (exact) mass is 513 g/mol. The van der Waals surface area contributed by atoms with E-state index in [9.17, 15) is 9.59 Å². The number of ether oxygens (including phenoxy) is 1. The third-order valence-electron chi connectivity index (χ3n) is 5.94. The van der Waals surface area contributed by atoms with Crippen LogP contribution in [0.15, 0.2) is 29.4 Å². The lowest BCUT2D eigenvalue weighted by Gasteiger charge is -2.13. The first-order valence-electron chi connectivity index (χ1n) is 11.8. The summed E-state index contributed by atoms with van der Waals surface area (Å²) < 4.78 is 7.21. The van der Waals surface area contributed by atoms with Gasteiger partial charge in [0.1, 0.15) is 5.00 Å². The zero-order chi connectivity index (χ0) is 24.9. The van der Waals surface area contributed by atoms with Crippen LogP contribution in [0.2, 0.25) is 0 Å². The maximum atomic E-state index is 12.9. The Hall–Kier alpha value is -2.85. The number of carbonyl (C=O) groups is 2. The molecule has 1 aliphatic rings. The van der Waals surface area contributed by atoms with Crippen molar-refractivity contribution in [3.05, 3.63) is 40.3 Å². The van der Waals surface area contributed by atoms with Crippen molar-refractivity contribution in [3.63, 3.8) is 0 Å². The molecule has 2 aromatic heterocycles. The Kier molecular flexibility index (Phi) is 8.12. The highest BCUT2D eigenvalue weighted by molar-refractivity contribution is 7.99. The van der Waals surface area contributed by atoms with Crippen molar-refractivity contribution in [2.75, 3.05) is 36.7 Å². The molecule has 1 amide bonds. The molecule has 35 heavy (non-hydrogen) atoms. The number of carbonyl (C=O) groups excluding carboxylic acids is 2. The Bertz CT molecular complexity index is 1220. The van der Waals surface area contributed by atoms with Gasteiger partial charge in [-0.05, 0) is 50.3 Å². The van der Waals surface area contributed by atoms with E-state index >= 15 is 0 Å². The van der Waals surface area contributed by atoms with E-state index in [1.165, 1.54) is 28.0 Å². The number of anilines is 2. The Morgan fingerprint density at radius 3 is 2.77 bits per heavy atom. The molecule has 0 fully saturated rings. The zero-order valence-corrected chi connectivity index (χ0v) is 22.2. The Labute approximate surface area is 214 Å². The van der Waals surface area contributed by atoms with Gasteiger partial charge in [0.2, 0.25) is 5.91 Å². The number of aromatic nitrogens is 3. The average Bonchev–Trinajstić information content (AvgIpc) is 3.28. The first kappa shape index (κ1) is 25.2. The van der Waals surface area contributed by atoms with Gasteiger partial charge in [0, 0.05) is 37.3 Å². The van der Waals surface area contributed by atoms with E-state index in [0.717, 1.165) is 54.7 Å². The van der Waals surface area contributed by atoms with E-state index in [1.807, 2.05) is 48.8 Å². The molecule has 1 aromatic carbocycles. The molecular weight excluding hydrogens is 482 g/mol. The second kappa shape index (κ2) is 11.3. The number of nitrogens with zero attached hydrogens (tertiary/aromatic N) is 4. The molecule has 0 bridgehead atoms. The van der Waals surface area contributed by atoms with E-state index in [0.29, 0.717) is 22.3 Å². The molecule has 0 saturated heterocycles. The predicted molar refractivity (Wildman–Crippen MR) is 142 cm³/mol. The summed E-state index contributed by atoms with van der Waals surface area (Å²) in [7, 11) is 5.89. The van der Waals surface area contributed by atoms with Gasteiger partial charge in [0.05, 0.1) is 17.9 Å². The lowest BCUT2D eigenvalue weighted by Crippen LogP contribution is -2.17. The maximum absolute atomic E-state index is 12.9. The van der Waals surface area contributed by atoms with E-state index in [1.54, 1.807) is 6.92 Å². The number of amides is 1. The van der Waals surface area contributed by atoms with E-state index in [-0.39, 0.29) is 17.6 Å². The molecule has 10 heteroatoms. The van der Waals surface area contributed by atoms with Gasteiger partial charge in [0.15, 0.2) is 11.0 Å². The van der Waals surface area contributed by atoms with Gasteiger partial charge in [-0.25, -0.2) is 4.79 Å². The van der Waals surface area contributed by atoms with Crippen LogP contribution in [0.1, 0.15) is 47.0 Å². The Morgan fingerprint density at radius 1 is 1.20 bits per heavy atom. The molecule has 4 rings (SSSR count). The summed E-state index contributed by atoms with van der Waals surface area (Å²) in [5, 5.41) is 12.9. The van der Waals surface area contributed by atoms with Gasteiger partial charge >= 0.3 is 5.97 Å². The van der Waals surface area contributed by atoms with Crippen LogP contribution in [0.5, 0.6) is 0 Å². The first-order valence-corrected chi connectivity index (χ1v) is 13.6. The number of aryl methyl sites for hydroxylation is 1. The summed E-state index contributed by atoms with van der Waals surface area (Å²) in [5.41, 5.74) is 3.62. The quantitative estimate of drug-likeness (QED) is 0.263. The molecule has 0 saturated carbocycles. The second-order valence-corrected chi connectivity index (χ2v) is 10.7. The van der Waals surface area contributed by atoms with Crippen LogP contribution >= 0.6 is 23.1 Å². The molecule has 2 heterocycles. The molecule has 0 unspecified atom stereocenters. The fraction of sp³-hybridized carbons (Fsp3) is 0.440. The third-order valence-corrected chi connectivity index (χ3v) is 8.17. The van der Waals surface area contributed by atoms with Crippen molar-refractivity contribution in [3.8, 4) is 11.4 Å². The molecule has 0 aliphatic heterocycles.